The van der Waals surface area contributed by atoms with Crippen LogP contribution in [0.25, 0.3) is 5.69 Å². The summed E-state index contributed by atoms with van der Waals surface area (Å²) in [6.45, 7) is 0. The third-order valence-corrected chi connectivity index (χ3v) is 6.59. The summed E-state index contributed by atoms with van der Waals surface area (Å²) in [5, 5.41) is 21.6. The first-order valence-electron chi connectivity index (χ1n) is 8.17. The predicted molar refractivity (Wildman–Crippen MR) is 104 cm³/mol. The van der Waals surface area contributed by atoms with E-state index in [1.165, 1.54) is 23.9 Å². The lowest BCUT2D eigenvalue weighted by molar-refractivity contribution is 0.0697. The molecular weight excluding hydrogens is 407 g/mol. The van der Waals surface area contributed by atoms with Gasteiger partial charge in [-0.3, -0.25) is 0 Å². The number of tetrazole rings is 1. The molecule has 2 unspecified atom stereocenters. The average molecular weight is 421 g/mol. The molecule has 0 amide bonds. The van der Waals surface area contributed by atoms with Gasteiger partial charge in [0.15, 0.2) is 0 Å². The van der Waals surface area contributed by atoms with Crippen molar-refractivity contribution in [1.82, 2.24) is 20.2 Å². The SMILES string of the molecule is O=C(O)c1ccc(-n2nnnc2SC(c2ccccc2)C2CC2(Cl)Cl)cc1. The molecule has 1 aliphatic rings. The van der Waals surface area contributed by atoms with Crippen LogP contribution < -0.4 is 0 Å². The smallest absolute Gasteiger partial charge is 0.335 e. The van der Waals surface area contributed by atoms with E-state index < -0.39 is 10.3 Å². The van der Waals surface area contributed by atoms with Crippen molar-refractivity contribution in [3.05, 3.63) is 65.7 Å². The standard InChI is InChI=1S/C18H14Cl2N4O2S/c19-18(20)10-14(18)15(11-4-2-1-3-5-11)27-17-21-22-23-24(17)13-8-6-12(7-9-13)16(25)26/h1-9,14-15H,10H2,(H,25,26). The second-order valence-electron chi connectivity index (χ2n) is 6.25. The molecule has 0 radical (unpaired) electrons. The highest BCUT2D eigenvalue weighted by atomic mass is 35.5. The molecule has 1 N–H and O–H groups in total. The number of halogens is 2. The molecule has 0 aliphatic heterocycles. The Morgan fingerprint density at radius 2 is 1.85 bits per heavy atom. The highest BCUT2D eigenvalue weighted by Gasteiger charge is 2.56. The van der Waals surface area contributed by atoms with Crippen LogP contribution in [0, 0.1) is 5.92 Å². The number of carboxylic acids is 1. The molecule has 27 heavy (non-hydrogen) atoms. The number of aromatic nitrogens is 4. The topological polar surface area (TPSA) is 80.9 Å². The molecule has 0 saturated heterocycles. The molecule has 1 heterocycles. The quantitative estimate of drug-likeness (QED) is 0.470. The normalized spacial score (nSPS) is 18.8. The molecule has 2 aromatic carbocycles. The van der Waals surface area contributed by atoms with Gasteiger partial charge < -0.3 is 5.11 Å². The lowest BCUT2D eigenvalue weighted by Crippen LogP contribution is -2.06. The first kappa shape index (κ1) is 18.3. The van der Waals surface area contributed by atoms with E-state index in [-0.39, 0.29) is 16.7 Å². The monoisotopic (exact) mass is 420 g/mol. The highest BCUT2D eigenvalue weighted by molar-refractivity contribution is 7.99. The summed E-state index contributed by atoms with van der Waals surface area (Å²) >= 11 is 14.2. The van der Waals surface area contributed by atoms with Crippen LogP contribution in [0.3, 0.4) is 0 Å². The van der Waals surface area contributed by atoms with E-state index in [2.05, 4.69) is 15.5 Å². The zero-order valence-corrected chi connectivity index (χ0v) is 16.2. The van der Waals surface area contributed by atoms with E-state index in [1.807, 2.05) is 30.3 Å². The summed E-state index contributed by atoms with van der Waals surface area (Å²) in [5.74, 6) is -0.890. The second-order valence-corrected chi connectivity index (χ2v) is 8.90. The molecule has 2 atom stereocenters. The first-order chi connectivity index (χ1) is 13.0. The van der Waals surface area contributed by atoms with Gasteiger partial charge in [-0.2, -0.15) is 4.68 Å². The van der Waals surface area contributed by atoms with E-state index >= 15 is 0 Å². The van der Waals surface area contributed by atoms with Crippen LogP contribution in [0.2, 0.25) is 0 Å². The predicted octanol–water partition coefficient (Wildman–Crippen LogP) is 4.39. The second kappa shape index (κ2) is 7.14. The Balaban J connectivity index is 1.64. The fourth-order valence-corrected chi connectivity index (χ4v) is 4.93. The molecule has 9 heteroatoms. The molecule has 1 saturated carbocycles. The van der Waals surface area contributed by atoms with Crippen LogP contribution in [-0.2, 0) is 0 Å². The van der Waals surface area contributed by atoms with Crippen LogP contribution in [0.15, 0.2) is 59.8 Å². The Bertz CT molecular complexity index is 963. The van der Waals surface area contributed by atoms with Gasteiger partial charge in [0.05, 0.1) is 11.3 Å². The molecular formula is C18H14Cl2N4O2S. The summed E-state index contributed by atoms with van der Waals surface area (Å²) in [6, 6.07) is 16.4. The number of hydrogen-bond donors (Lipinski definition) is 1. The summed E-state index contributed by atoms with van der Waals surface area (Å²) in [6.07, 6.45) is 0.706. The number of benzene rings is 2. The molecule has 6 nitrogen and oxygen atoms in total. The number of alkyl halides is 2. The Hall–Kier alpha value is -2.09. The fraction of sp³-hybridized carbons (Fsp3) is 0.222. The van der Waals surface area contributed by atoms with Gasteiger partial charge in [-0.05, 0) is 46.7 Å². The molecule has 1 aromatic heterocycles. The van der Waals surface area contributed by atoms with Crippen molar-refractivity contribution in [2.24, 2.45) is 5.92 Å². The first-order valence-corrected chi connectivity index (χ1v) is 9.81. The number of thioether (sulfide) groups is 1. The third-order valence-electron chi connectivity index (χ3n) is 4.40. The highest BCUT2D eigenvalue weighted by Crippen LogP contribution is 2.63. The summed E-state index contributed by atoms with van der Waals surface area (Å²) in [5.41, 5.74) is 1.99. The maximum Gasteiger partial charge on any atom is 0.335 e. The number of hydrogen-bond acceptors (Lipinski definition) is 5. The van der Waals surface area contributed by atoms with Crippen molar-refractivity contribution in [3.63, 3.8) is 0 Å². The Morgan fingerprint density at radius 1 is 1.19 bits per heavy atom. The van der Waals surface area contributed by atoms with Crippen LogP contribution in [0.1, 0.15) is 27.6 Å². The van der Waals surface area contributed by atoms with Crippen LogP contribution >= 0.6 is 35.0 Å². The van der Waals surface area contributed by atoms with E-state index in [4.69, 9.17) is 28.3 Å². The summed E-state index contributed by atoms with van der Waals surface area (Å²) in [4.78, 5) is 11.0. The van der Waals surface area contributed by atoms with Crippen molar-refractivity contribution in [3.8, 4) is 5.69 Å². The van der Waals surface area contributed by atoms with Crippen molar-refractivity contribution in [1.29, 1.82) is 0 Å². The molecule has 138 valence electrons. The number of rotatable bonds is 6. The van der Waals surface area contributed by atoms with Crippen LogP contribution in [-0.4, -0.2) is 35.6 Å². The van der Waals surface area contributed by atoms with Gasteiger partial charge in [-0.25, -0.2) is 4.79 Å². The van der Waals surface area contributed by atoms with Gasteiger partial charge in [-0.1, -0.05) is 42.1 Å². The van der Waals surface area contributed by atoms with Gasteiger partial charge in [0, 0.05) is 11.2 Å². The van der Waals surface area contributed by atoms with E-state index in [9.17, 15) is 4.79 Å². The van der Waals surface area contributed by atoms with Crippen molar-refractivity contribution in [2.45, 2.75) is 21.2 Å². The van der Waals surface area contributed by atoms with Crippen LogP contribution in [0.4, 0.5) is 0 Å². The average Bonchev–Trinajstić information content (AvgIpc) is 3.07. The van der Waals surface area contributed by atoms with Gasteiger partial charge >= 0.3 is 5.97 Å². The number of aromatic carboxylic acids is 1. The fourth-order valence-electron chi connectivity index (χ4n) is 2.86. The molecule has 3 aromatic rings. The van der Waals surface area contributed by atoms with Gasteiger partial charge in [0.25, 0.3) is 0 Å². The number of carboxylic acid groups (broad SMARTS) is 1. The Kier molecular flexibility index (Phi) is 4.84. The van der Waals surface area contributed by atoms with E-state index in [0.717, 1.165) is 5.56 Å². The van der Waals surface area contributed by atoms with Gasteiger partial charge in [0.1, 0.15) is 4.33 Å². The minimum Gasteiger partial charge on any atom is -0.478 e. The molecule has 1 aliphatic carbocycles. The lowest BCUT2D eigenvalue weighted by Gasteiger charge is -2.17. The largest absolute Gasteiger partial charge is 0.478 e. The summed E-state index contributed by atoms with van der Waals surface area (Å²) < 4.78 is 0.841. The Morgan fingerprint density at radius 3 is 2.44 bits per heavy atom. The molecule has 0 spiro atoms. The summed E-state index contributed by atoms with van der Waals surface area (Å²) in [7, 11) is 0. The minimum absolute atomic E-state index is 0.00393. The van der Waals surface area contributed by atoms with Crippen molar-refractivity contribution >= 4 is 40.9 Å². The lowest BCUT2D eigenvalue weighted by atomic mass is 10.1. The third kappa shape index (κ3) is 3.81. The van der Waals surface area contributed by atoms with Crippen molar-refractivity contribution < 1.29 is 9.90 Å². The maximum absolute atomic E-state index is 11.0. The molecule has 0 bridgehead atoms. The van der Waals surface area contributed by atoms with Gasteiger partial charge in [0.2, 0.25) is 5.16 Å². The maximum atomic E-state index is 11.0. The van der Waals surface area contributed by atoms with Crippen molar-refractivity contribution in [2.75, 3.05) is 0 Å². The minimum atomic E-state index is -0.980. The molecule has 1 fully saturated rings. The van der Waals surface area contributed by atoms with E-state index in [1.54, 1.807) is 16.8 Å². The van der Waals surface area contributed by atoms with E-state index in [0.29, 0.717) is 17.3 Å². The number of nitrogens with zero attached hydrogens (tertiary/aromatic N) is 4. The molecule has 4 rings (SSSR count). The zero-order valence-electron chi connectivity index (χ0n) is 13.9. The Labute approximate surface area is 169 Å². The van der Waals surface area contributed by atoms with Crippen LogP contribution in [0.5, 0.6) is 0 Å². The zero-order chi connectivity index (χ0) is 19.0. The number of carbonyl (C=O) groups is 1. The van der Waals surface area contributed by atoms with Gasteiger partial charge in [-0.15, -0.1) is 28.3 Å².